The van der Waals surface area contributed by atoms with Gasteiger partial charge in [0.15, 0.2) is 0 Å². The molecule has 2 rings (SSSR count). The van der Waals surface area contributed by atoms with Crippen molar-refractivity contribution in [2.75, 3.05) is 0 Å². The van der Waals surface area contributed by atoms with Gasteiger partial charge in [0, 0.05) is 15.6 Å². The molecule has 132 valence electrons. The van der Waals surface area contributed by atoms with Crippen molar-refractivity contribution in [2.45, 2.75) is 26.1 Å². The van der Waals surface area contributed by atoms with Crippen LogP contribution in [0.5, 0.6) is 5.75 Å². The topological polar surface area (TPSA) is 70.9 Å². The molecule has 0 radical (unpaired) electrons. The zero-order chi connectivity index (χ0) is 18.4. The number of amides is 1. The van der Waals surface area contributed by atoms with E-state index in [9.17, 15) is 9.90 Å². The van der Waals surface area contributed by atoms with Gasteiger partial charge in [0.05, 0.1) is 6.21 Å². The lowest BCUT2D eigenvalue weighted by molar-refractivity contribution is -0.136. The highest BCUT2D eigenvalue weighted by molar-refractivity contribution is 6.31. The number of ether oxygens (including phenoxy) is 1. The molecule has 0 spiro atoms. The van der Waals surface area contributed by atoms with E-state index in [2.05, 4.69) is 10.5 Å². The Morgan fingerprint density at radius 3 is 2.48 bits per heavy atom. The van der Waals surface area contributed by atoms with Crippen LogP contribution in [-0.4, -0.2) is 22.8 Å². The van der Waals surface area contributed by atoms with Crippen molar-refractivity contribution in [3.8, 4) is 5.75 Å². The number of nitrogens with one attached hydrogen (secondary N) is 1. The predicted octanol–water partition coefficient (Wildman–Crippen LogP) is 3.79. The van der Waals surface area contributed by atoms with E-state index in [1.807, 2.05) is 12.1 Å². The molecule has 1 amide bonds. The average molecular weight is 381 g/mol. The summed E-state index contributed by atoms with van der Waals surface area (Å²) in [6.45, 7) is 3.09. The van der Waals surface area contributed by atoms with Gasteiger partial charge >= 0.3 is 0 Å². The first-order valence-electron chi connectivity index (χ1n) is 7.48. The molecule has 0 unspecified atom stereocenters. The van der Waals surface area contributed by atoms with Gasteiger partial charge in [-0.3, -0.25) is 4.79 Å². The van der Waals surface area contributed by atoms with Gasteiger partial charge in [-0.2, -0.15) is 5.10 Å². The molecule has 2 aromatic carbocycles. The van der Waals surface area contributed by atoms with Crippen LogP contribution < -0.4 is 10.2 Å². The van der Waals surface area contributed by atoms with Crippen molar-refractivity contribution in [3.63, 3.8) is 0 Å². The lowest BCUT2D eigenvalue weighted by Crippen LogP contribution is -2.39. The van der Waals surface area contributed by atoms with Crippen LogP contribution in [0, 0.1) is 0 Å². The van der Waals surface area contributed by atoms with Crippen LogP contribution in [0.4, 0.5) is 0 Å². The fourth-order valence-electron chi connectivity index (χ4n) is 1.79. The van der Waals surface area contributed by atoms with E-state index in [-0.39, 0.29) is 0 Å². The maximum atomic E-state index is 11.6. The number of halogens is 2. The molecule has 0 aromatic heterocycles. The number of nitrogens with zero attached hydrogens (tertiary/aromatic N) is 1. The number of rotatable bonds is 6. The Kier molecular flexibility index (Phi) is 6.42. The van der Waals surface area contributed by atoms with Gasteiger partial charge in [-0.05, 0) is 49.7 Å². The summed E-state index contributed by atoms with van der Waals surface area (Å²) < 4.78 is 5.79. The summed E-state index contributed by atoms with van der Waals surface area (Å²) in [5.41, 5.74) is 2.30. The summed E-state index contributed by atoms with van der Waals surface area (Å²) >= 11 is 11.9. The van der Waals surface area contributed by atoms with Crippen LogP contribution in [0.1, 0.15) is 25.0 Å². The Bertz CT molecular complexity index is 769. The Labute approximate surface area is 156 Å². The normalized spacial score (nSPS) is 11.6. The number of carbonyl (C=O) groups is 1. The molecule has 2 aromatic rings. The molecule has 0 saturated heterocycles. The second kappa shape index (κ2) is 8.34. The van der Waals surface area contributed by atoms with Crippen molar-refractivity contribution in [1.82, 2.24) is 5.43 Å². The van der Waals surface area contributed by atoms with Crippen LogP contribution in [-0.2, 0) is 11.4 Å². The molecule has 0 bridgehead atoms. The first-order chi connectivity index (χ1) is 11.8. The average Bonchev–Trinajstić information content (AvgIpc) is 2.54. The second-order valence-corrected chi connectivity index (χ2v) is 6.73. The third kappa shape index (κ3) is 6.05. The number of carbonyl (C=O) groups excluding carboxylic acids is 1. The van der Waals surface area contributed by atoms with Crippen LogP contribution in [0.15, 0.2) is 47.6 Å². The standard InChI is InChI=1S/C18H18Cl2N2O3/c1-18(2,24)17(23)22-21-10-13-9-15(20)7-8-16(13)25-11-12-3-5-14(19)6-4-12/h3-10,24H,11H2,1-2H3,(H,22,23)/b21-10-. The van der Waals surface area contributed by atoms with Crippen molar-refractivity contribution >= 4 is 35.3 Å². The summed E-state index contributed by atoms with van der Waals surface area (Å²) in [5, 5.41) is 14.6. The molecule has 0 aliphatic heterocycles. The van der Waals surface area contributed by atoms with Gasteiger partial charge in [-0.1, -0.05) is 35.3 Å². The predicted molar refractivity (Wildman–Crippen MR) is 99.3 cm³/mol. The van der Waals surface area contributed by atoms with E-state index in [4.69, 9.17) is 27.9 Å². The number of hydrogen-bond donors (Lipinski definition) is 2. The van der Waals surface area contributed by atoms with Crippen molar-refractivity contribution in [1.29, 1.82) is 0 Å². The lowest BCUT2D eigenvalue weighted by Gasteiger charge is -2.14. The van der Waals surface area contributed by atoms with Crippen molar-refractivity contribution in [2.24, 2.45) is 5.10 Å². The van der Waals surface area contributed by atoms with Gasteiger partial charge in [0.1, 0.15) is 18.0 Å². The molecule has 7 heteroatoms. The minimum Gasteiger partial charge on any atom is -0.488 e. The molecule has 2 N–H and O–H groups in total. The third-order valence-corrected chi connectivity index (χ3v) is 3.69. The quantitative estimate of drug-likeness (QED) is 0.591. The summed E-state index contributed by atoms with van der Waals surface area (Å²) in [5.74, 6) is -0.0602. The summed E-state index contributed by atoms with van der Waals surface area (Å²) in [4.78, 5) is 11.6. The fraction of sp³-hybridized carbons (Fsp3) is 0.222. The largest absolute Gasteiger partial charge is 0.488 e. The highest BCUT2D eigenvalue weighted by Crippen LogP contribution is 2.23. The Hall–Kier alpha value is -2.08. The van der Waals surface area contributed by atoms with E-state index < -0.39 is 11.5 Å². The number of hydrazone groups is 1. The maximum Gasteiger partial charge on any atom is 0.271 e. The minimum absolute atomic E-state index is 0.343. The summed E-state index contributed by atoms with van der Waals surface area (Å²) in [7, 11) is 0. The van der Waals surface area contributed by atoms with Gasteiger partial charge in [0.2, 0.25) is 0 Å². The molecule has 0 atom stereocenters. The van der Waals surface area contributed by atoms with E-state index in [1.54, 1.807) is 30.3 Å². The van der Waals surface area contributed by atoms with Gasteiger partial charge < -0.3 is 9.84 Å². The highest BCUT2D eigenvalue weighted by Gasteiger charge is 2.22. The van der Waals surface area contributed by atoms with Crippen LogP contribution in [0.25, 0.3) is 0 Å². The molecule has 0 fully saturated rings. The Morgan fingerprint density at radius 2 is 1.84 bits per heavy atom. The van der Waals surface area contributed by atoms with E-state index in [1.165, 1.54) is 20.1 Å². The highest BCUT2D eigenvalue weighted by atomic mass is 35.5. The third-order valence-electron chi connectivity index (χ3n) is 3.20. The number of hydrogen-bond acceptors (Lipinski definition) is 4. The van der Waals surface area contributed by atoms with Crippen molar-refractivity contribution < 1.29 is 14.6 Å². The number of aliphatic hydroxyl groups is 1. The zero-order valence-corrected chi connectivity index (χ0v) is 15.3. The monoisotopic (exact) mass is 380 g/mol. The molecule has 25 heavy (non-hydrogen) atoms. The Balaban J connectivity index is 2.08. The van der Waals surface area contributed by atoms with Gasteiger partial charge in [-0.15, -0.1) is 0 Å². The van der Waals surface area contributed by atoms with Crippen LogP contribution in [0.3, 0.4) is 0 Å². The molecular weight excluding hydrogens is 363 g/mol. The first-order valence-corrected chi connectivity index (χ1v) is 8.24. The summed E-state index contributed by atoms with van der Waals surface area (Å²) in [6.07, 6.45) is 1.41. The second-order valence-electron chi connectivity index (χ2n) is 5.86. The molecule has 0 saturated carbocycles. The van der Waals surface area contributed by atoms with Crippen molar-refractivity contribution in [3.05, 3.63) is 63.6 Å². The molecule has 0 aliphatic carbocycles. The molecular formula is C18H18Cl2N2O3. The van der Waals surface area contributed by atoms with E-state index in [0.717, 1.165) is 5.56 Å². The van der Waals surface area contributed by atoms with Gasteiger partial charge in [-0.25, -0.2) is 5.43 Å². The zero-order valence-electron chi connectivity index (χ0n) is 13.8. The summed E-state index contributed by atoms with van der Waals surface area (Å²) in [6, 6.07) is 12.4. The maximum absolute atomic E-state index is 11.6. The van der Waals surface area contributed by atoms with Gasteiger partial charge in [0.25, 0.3) is 5.91 Å². The lowest BCUT2D eigenvalue weighted by atomic mass is 10.1. The van der Waals surface area contributed by atoms with E-state index in [0.29, 0.717) is 28.0 Å². The SMILES string of the molecule is CC(C)(O)C(=O)N/N=C\c1cc(Cl)ccc1OCc1ccc(Cl)cc1. The Morgan fingerprint density at radius 1 is 1.20 bits per heavy atom. The molecule has 5 nitrogen and oxygen atoms in total. The molecule has 0 heterocycles. The first kappa shape index (κ1) is 19.2. The van der Waals surface area contributed by atoms with Crippen LogP contribution in [0.2, 0.25) is 10.0 Å². The minimum atomic E-state index is -1.51. The number of benzene rings is 2. The molecule has 0 aliphatic rings. The van der Waals surface area contributed by atoms with E-state index >= 15 is 0 Å². The fourth-order valence-corrected chi connectivity index (χ4v) is 2.10. The smallest absolute Gasteiger partial charge is 0.271 e. The van der Waals surface area contributed by atoms with Crippen LogP contribution >= 0.6 is 23.2 Å².